The summed E-state index contributed by atoms with van der Waals surface area (Å²) in [6.07, 6.45) is 3.00. The van der Waals surface area contributed by atoms with Crippen molar-refractivity contribution in [2.75, 3.05) is 4.90 Å². The maximum Gasteiger partial charge on any atom is 0.296 e. The van der Waals surface area contributed by atoms with Crippen molar-refractivity contribution in [2.45, 2.75) is 19.9 Å². The van der Waals surface area contributed by atoms with Crippen molar-refractivity contribution in [3.8, 4) is 0 Å². The number of aryl methyl sites for hydroxylation is 2. The first-order valence-electron chi connectivity index (χ1n) is 11.1. The highest BCUT2D eigenvalue weighted by atomic mass is 35.5. The van der Waals surface area contributed by atoms with E-state index in [9.17, 15) is 14.7 Å². The molecule has 1 aromatic heterocycles. The summed E-state index contributed by atoms with van der Waals surface area (Å²) in [5.41, 5.74) is 4.12. The predicted octanol–water partition coefficient (Wildman–Crippen LogP) is 7.40. The van der Waals surface area contributed by atoms with Crippen LogP contribution in [0, 0.1) is 13.8 Å². The molecule has 8 heteroatoms. The number of fused-ring (bicyclic) bond motifs is 1. The fourth-order valence-corrected chi connectivity index (χ4v) is 5.81. The molecule has 3 aromatic carbocycles. The molecule has 0 radical (unpaired) electrons. The number of allylic oxidation sites excluding steroid dienone is 1. The number of ketones is 1. The Bertz CT molecular complexity index is 1590. The zero-order chi connectivity index (χ0) is 25.6. The van der Waals surface area contributed by atoms with Crippen LogP contribution in [0.15, 0.2) is 78.1 Å². The van der Waals surface area contributed by atoms with E-state index in [0.717, 1.165) is 26.9 Å². The Kier molecular flexibility index (Phi) is 6.43. The van der Waals surface area contributed by atoms with Gasteiger partial charge in [0.05, 0.1) is 31.9 Å². The number of halogens is 2. The molecule has 0 bridgehead atoms. The van der Waals surface area contributed by atoms with Gasteiger partial charge in [-0.3, -0.25) is 14.5 Å². The maximum absolute atomic E-state index is 13.4. The molecule has 0 aliphatic carbocycles. The summed E-state index contributed by atoms with van der Waals surface area (Å²) >= 11 is 13.8. The van der Waals surface area contributed by atoms with E-state index in [2.05, 4.69) is 0 Å². The Labute approximate surface area is 221 Å². The minimum Gasteiger partial charge on any atom is -0.503 e. The highest BCUT2D eigenvalue weighted by molar-refractivity contribution is 7.22. The van der Waals surface area contributed by atoms with Gasteiger partial charge in [0.1, 0.15) is 0 Å². The average Bonchev–Trinajstić information content (AvgIpc) is 3.38. The lowest BCUT2D eigenvalue weighted by molar-refractivity contribution is -0.117. The molecule has 0 spiro atoms. The molecule has 5 nitrogen and oxygen atoms in total. The van der Waals surface area contributed by atoms with Crippen LogP contribution in [-0.4, -0.2) is 21.8 Å². The van der Waals surface area contributed by atoms with Crippen LogP contribution in [-0.2, 0) is 9.59 Å². The lowest BCUT2D eigenvalue weighted by atomic mass is 9.96. The first-order chi connectivity index (χ1) is 17.2. The minimum atomic E-state index is -0.929. The van der Waals surface area contributed by atoms with Gasteiger partial charge in [0.2, 0.25) is 0 Å². The number of aliphatic hydroxyl groups excluding tert-OH is 1. The Hall–Kier alpha value is -3.45. The average molecular weight is 535 g/mol. The number of hydrogen-bond acceptors (Lipinski definition) is 5. The summed E-state index contributed by atoms with van der Waals surface area (Å²) < 4.78 is 0.909. The van der Waals surface area contributed by atoms with Gasteiger partial charge in [-0.15, -0.1) is 0 Å². The Balaban J connectivity index is 1.64. The number of aromatic nitrogens is 1. The molecular weight excluding hydrogens is 515 g/mol. The van der Waals surface area contributed by atoms with Crippen LogP contribution in [0.2, 0.25) is 10.0 Å². The summed E-state index contributed by atoms with van der Waals surface area (Å²) in [5, 5.41) is 11.9. The topological polar surface area (TPSA) is 70.5 Å². The Morgan fingerprint density at radius 3 is 2.53 bits per heavy atom. The van der Waals surface area contributed by atoms with Crippen molar-refractivity contribution in [3.63, 3.8) is 0 Å². The molecule has 1 unspecified atom stereocenters. The predicted molar refractivity (Wildman–Crippen MR) is 146 cm³/mol. The molecule has 1 aliphatic rings. The van der Waals surface area contributed by atoms with Crippen LogP contribution in [0.4, 0.5) is 5.13 Å². The number of carbonyl (C=O) groups is 2. The molecule has 1 N–H and O–H groups in total. The third kappa shape index (κ3) is 4.32. The zero-order valence-corrected chi connectivity index (χ0v) is 21.7. The zero-order valence-electron chi connectivity index (χ0n) is 19.3. The van der Waals surface area contributed by atoms with Gasteiger partial charge in [-0.2, -0.15) is 0 Å². The highest BCUT2D eigenvalue weighted by Crippen LogP contribution is 2.45. The fourth-order valence-electron chi connectivity index (χ4n) is 4.34. The first-order valence-corrected chi connectivity index (χ1v) is 12.7. The molecule has 36 heavy (non-hydrogen) atoms. The van der Waals surface area contributed by atoms with Gasteiger partial charge in [-0.05, 0) is 60.4 Å². The molecule has 1 atom stereocenters. The number of hydrogen-bond donors (Lipinski definition) is 1. The fraction of sp³-hybridized carbons (Fsp3) is 0.107. The van der Waals surface area contributed by atoms with Crippen LogP contribution in [0.1, 0.15) is 28.3 Å². The number of anilines is 1. The van der Waals surface area contributed by atoms with Gasteiger partial charge in [-0.1, -0.05) is 83.1 Å². The molecule has 1 amide bonds. The van der Waals surface area contributed by atoms with Gasteiger partial charge >= 0.3 is 0 Å². The Morgan fingerprint density at radius 2 is 1.81 bits per heavy atom. The van der Waals surface area contributed by atoms with Crippen LogP contribution in [0.3, 0.4) is 0 Å². The number of nitrogens with zero attached hydrogens (tertiary/aromatic N) is 2. The number of amides is 1. The molecule has 0 fully saturated rings. The quantitative estimate of drug-likeness (QED) is 0.270. The molecule has 5 rings (SSSR count). The monoisotopic (exact) mass is 534 g/mol. The lowest BCUT2D eigenvalue weighted by Crippen LogP contribution is -2.30. The minimum absolute atomic E-state index is 0.0438. The normalized spacial score (nSPS) is 16.1. The van der Waals surface area contributed by atoms with Crippen molar-refractivity contribution >= 4 is 67.7 Å². The standard InChI is InChI=1S/C28H20Cl2N2O3S/c1-15-12-16(2)24-22(13-15)36-28(31-24)32-25(18-9-10-19(29)20(30)14-18)23(26(34)27(32)35)21(33)11-8-17-6-4-3-5-7-17/h3-14,25,34H,1-2H3. The van der Waals surface area contributed by atoms with E-state index in [1.165, 1.54) is 22.3 Å². The second-order valence-corrected chi connectivity index (χ2v) is 10.4. The SMILES string of the molecule is Cc1cc(C)c2nc(N3C(=O)C(O)=C(C(=O)C=Cc4ccccc4)C3c3ccc(Cl)c(Cl)c3)sc2c1. The summed E-state index contributed by atoms with van der Waals surface area (Å²) in [5.74, 6) is -1.80. The third-order valence-corrected chi connectivity index (χ3v) is 7.73. The Morgan fingerprint density at radius 1 is 1.06 bits per heavy atom. The largest absolute Gasteiger partial charge is 0.503 e. The first kappa shape index (κ1) is 24.3. The van der Waals surface area contributed by atoms with Crippen molar-refractivity contribution in [1.29, 1.82) is 0 Å². The molecule has 0 saturated heterocycles. The number of carbonyl (C=O) groups excluding carboxylic acids is 2. The van der Waals surface area contributed by atoms with Gasteiger partial charge in [0, 0.05) is 0 Å². The van der Waals surface area contributed by atoms with E-state index in [4.69, 9.17) is 28.2 Å². The lowest BCUT2D eigenvalue weighted by Gasteiger charge is -2.24. The van der Waals surface area contributed by atoms with Gasteiger partial charge in [0.25, 0.3) is 5.91 Å². The smallest absolute Gasteiger partial charge is 0.296 e. The number of benzene rings is 3. The molecular formula is C28H20Cl2N2O3S. The highest BCUT2D eigenvalue weighted by Gasteiger charge is 2.45. The molecule has 180 valence electrons. The second-order valence-electron chi connectivity index (χ2n) is 8.55. The molecule has 0 saturated carbocycles. The summed E-state index contributed by atoms with van der Waals surface area (Å²) in [6, 6.07) is 17.3. The van der Waals surface area contributed by atoms with Crippen LogP contribution in [0.5, 0.6) is 0 Å². The van der Waals surface area contributed by atoms with Gasteiger partial charge < -0.3 is 5.11 Å². The summed E-state index contributed by atoms with van der Waals surface area (Å²) in [6.45, 7) is 3.95. The number of thiazole rings is 1. The van der Waals surface area contributed by atoms with E-state index in [1.54, 1.807) is 24.3 Å². The van der Waals surface area contributed by atoms with Gasteiger partial charge in [-0.25, -0.2) is 4.98 Å². The van der Waals surface area contributed by atoms with E-state index in [0.29, 0.717) is 15.7 Å². The van der Waals surface area contributed by atoms with Crippen LogP contribution >= 0.6 is 34.5 Å². The second kappa shape index (κ2) is 9.54. The van der Waals surface area contributed by atoms with E-state index >= 15 is 0 Å². The number of rotatable bonds is 5. The van der Waals surface area contributed by atoms with Crippen LogP contribution in [0.25, 0.3) is 16.3 Å². The van der Waals surface area contributed by atoms with Crippen molar-refractivity contribution < 1.29 is 14.7 Å². The van der Waals surface area contributed by atoms with Crippen molar-refractivity contribution in [1.82, 2.24) is 4.98 Å². The van der Waals surface area contributed by atoms with Crippen molar-refractivity contribution in [3.05, 3.63) is 110 Å². The van der Waals surface area contributed by atoms with E-state index in [1.807, 2.05) is 56.3 Å². The molecule has 4 aromatic rings. The summed E-state index contributed by atoms with van der Waals surface area (Å²) in [4.78, 5) is 32.9. The van der Waals surface area contributed by atoms with E-state index in [-0.39, 0.29) is 10.6 Å². The van der Waals surface area contributed by atoms with Gasteiger partial charge in [0.15, 0.2) is 16.7 Å². The summed E-state index contributed by atoms with van der Waals surface area (Å²) in [7, 11) is 0. The number of aliphatic hydroxyl groups is 1. The van der Waals surface area contributed by atoms with E-state index < -0.39 is 23.5 Å². The maximum atomic E-state index is 13.4. The van der Waals surface area contributed by atoms with Crippen LogP contribution < -0.4 is 4.90 Å². The van der Waals surface area contributed by atoms with Crippen molar-refractivity contribution in [2.24, 2.45) is 0 Å². The molecule has 2 heterocycles. The third-order valence-electron chi connectivity index (χ3n) is 5.98. The molecule has 1 aliphatic heterocycles.